The molecular weight excluding hydrogens is 290 g/mol. The number of carbonyl (C=O) groups excluding carboxylic acids is 1. The average Bonchev–Trinajstić information content (AvgIpc) is 3.06. The summed E-state index contributed by atoms with van der Waals surface area (Å²) in [5.74, 6) is 0.308. The number of nitrogens with two attached hydrogens (primary N) is 1. The molecule has 6 heteroatoms. The Balaban J connectivity index is 1.78. The van der Waals surface area contributed by atoms with Gasteiger partial charge in [0.15, 0.2) is 0 Å². The fourth-order valence-corrected chi connectivity index (χ4v) is 3.58. The molecule has 2 atom stereocenters. The first-order chi connectivity index (χ1) is 10.1. The second-order valence-corrected chi connectivity index (χ2v) is 6.10. The van der Waals surface area contributed by atoms with Gasteiger partial charge in [-0.15, -0.1) is 0 Å². The van der Waals surface area contributed by atoms with E-state index in [0.29, 0.717) is 28.1 Å². The quantitative estimate of drug-likeness (QED) is 0.837. The Morgan fingerprint density at radius 2 is 2.24 bits per heavy atom. The summed E-state index contributed by atoms with van der Waals surface area (Å²) in [5, 5.41) is 3.50. The van der Waals surface area contributed by atoms with Crippen molar-refractivity contribution < 1.29 is 9.53 Å². The molecule has 21 heavy (non-hydrogen) atoms. The molecule has 2 aliphatic rings. The largest absolute Gasteiger partial charge is 0.496 e. The number of benzene rings is 1. The van der Waals surface area contributed by atoms with Crippen molar-refractivity contribution in [1.82, 2.24) is 10.2 Å². The van der Waals surface area contributed by atoms with E-state index in [4.69, 9.17) is 22.1 Å². The van der Waals surface area contributed by atoms with Crippen LogP contribution < -0.4 is 15.8 Å². The maximum Gasteiger partial charge on any atom is 0.255 e. The van der Waals surface area contributed by atoms with E-state index in [0.717, 1.165) is 25.9 Å². The SMILES string of the molecule is COc1cc(N)c(Cl)cc1C(=O)N[C@H]1CCN2CCC[C@@H]12. The van der Waals surface area contributed by atoms with E-state index in [1.54, 1.807) is 12.1 Å². The molecule has 1 aromatic carbocycles. The summed E-state index contributed by atoms with van der Waals surface area (Å²) >= 11 is 6.02. The van der Waals surface area contributed by atoms with Gasteiger partial charge in [0.05, 0.1) is 23.4 Å². The highest BCUT2D eigenvalue weighted by molar-refractivity contribution is 6.33. The molecule has 2 saturated heterocycles. The Kier molecular flexibility index (Phi) is 3.95. The lowest BCUT2D eigenvalue weighted by Crippen LogP contribution is -2.42. The first-order valence-corrected chi connectivity index (χ1v) is 7.66. The van der Waals surface area contributed by atoms with E-state index in [9.17, 15) is 4.79 Å². The molecule has 114 valence electrons. The van der Waals surface area contributed by atoms with Crippen LogP contribution >= 0.6 is 11.6 Å². The van der Waals surface area contributed by atoms with Gasteiger partial charge >= 0.3 is 0 Å². The molecule has 0 spiro atoms. The van der Waals surface area contributed by atoms with Crippen LogP contribution in [-0.4, -0.2) is 43.1 Å². The van der Waals surface area contributed by atoms with Gasteiger partial charge in [-0.25, -0.2) is 0 Å². The number of nitrogen functional groups attached to an aromatic ring is 1. The number of ether oxygens (including phenoxy) is 1. The van der Waals surface area contributed by atoms with Crippen LogP contribution in [0.1, 0.15) is 29.6 Å². The Morgan fingerprint density at radius 1 is 1.43 bits per heavy atom. The second kappa shape index (κ2) is 5.73. The van der Waals surface area contributed by atoms with Gasteiger partial charge in [-0.05, 0) is 31.9 Å². The molecule has 1 aromatic rings. The number of amides is 1. The minimum atomic E-state index is -0.146. The summed E-state index contributed by atoms with van der Waals surface area (Å²) < 4.78 is 5.24. The van der Waals surface area contributed by atoms with Crippen molar-refractivity contribution >= 4 is 23.2 Å². The van der Waals surface area contributed by atoms with Crippen LogP contribution in [0.15, 0.2) is 12.1 Å². The van der Waals surface area contributed by atoms with Crippen LogP contribution in [0.25, 0.3) is 0 Å². The zero-order valence-corrected chi connectivity index (χ0v) is 12.8. The van der Waals surface area contributed by atoms with E-state index < -0.39 is 0 Å². The number of carbonyl (C=O) groups is 1. The predicted molar refractivity (Wildman–Crippen MR) is 82.9 cm³/mol. The molecule has 1 amide bonds. The molecule has 0 saturated carbocycles. The van der Waals surface area contributed by atoms with Crippen molar-refractivity contribution in [3.8, 4) is 5.75 Å². The number of hydrogen-bond acceptors (Lipinski definition) is 4. The fraction of sp³-hybridized carbons (Fsp3) is 0.533. The normalized spacial score (nSPS) is 24.9. The third kappa shape index (κ3) is 2.68. The lowest BCUT2D eigenvalue weighted by molar-refractivity contribution is 0.0926. The first-order valence-electron chi connectivity index (χ1n) is 7.28. The molecule has 3 rings (SSSR count). The molecule has 0 radical (unpaired) electrons. The van der Waals surface area contributed by atoms with Gasteiger partial charge in [-0.1, -0.05) is 11.6 Å². The highest BCUT2D eigenvalue weighted by Gasteiger charge is 2.38. The van der Waals surface area contributed by atoms with Crippen molar-refractivity contribution in [2.45, 2.75) is 31.3 Å². The van der Waals surface area contributed by atoms with Gasteiger partial charge < -0.3 is 15.8 Å². The van der Waals surface area contributed by atoms with Gasteiger partial charge in [-0.2, -0.15) is 0 Å². The van der Waals surface area contributed by atoms with Crippen LogP contribution in [0, 0.1) is 0 Å². The summed E-state index contributed by atoms with van der Waals surface area (Å²) in [6.07, 6.45) is 3.38. The first kappa shape index (κ1) is 14.5. The van der Waals surface area contributed by atoms with Crippen molar-refractivity contribution in [2.24, 2.45) is 0 Å². The molecule has 0 aliphatic carbocycles. The Morgan fingerprint density at radius 3 is 3.00 bits per heavy atom. The third-order valence-corrected chi connectivity index (χ3v) is 4.81. The summed E-state index contributed by atoms with van der Waals surface area (Å²) in [7, 11) is 1.52. The maximum atomic E-state index is 12.5. The molecule has 3 N–H and O–H groups in total. The monoisotopic (exact) mass is 309 g/mol. The number of hydrogen-bond donors (Lipinski definition) is 2. The number of methoxy groups -OCH3 is 1. The van der Waals surface area contributed by atoms with Crippen LogP contribution in [0.5, 0.6) is 5.75 Å². The molecule has 2 fully saturated rings. The van der Waals surface area contributed by atoms with Gasteiger partial charge in [0.2, 0.25) is 0 Å². The third-order valence-electron chi connectivity index (χ3n) is 4.49. The van der Waals surface area contributed by atoms with Gasteiger partial charge in [-0.3, -0.25) is 9.69 Å². The Labute approximate surface area is 129 Å². The highest BCUT2D eigenvalue weighted by atomic mass is 35.5. The van der Waals surface area contributed by atoms with Crippen LogP contribution in [-0.2, 0) is 0 Å². The summed E-state index contributed by atoms with van der Waals surface area (Å²) in [4.78, 5) is 15.0. The van der Waals surface area contributed by atoms with Crippen molar-refractivity contribution in [3.05, 3.63) is 22.7 Å². The zero-order valence-electron chi connectivity index (χ0n) is 12.1. The zero-order chi connectivity index (χ0) is 15.0. The molecule has 0 aromatic heterocycles. The number of anilines is 1. The van der Waals surface area contributed by atoms with Gasteiger partial charge in [0.1, 0.15) is 5.75 Å². The second-order valence-electron chi connectivity index (χ2n) is 5.69. The number of nitrogens with one attached hydrogen (secondary N) is 1. The summed E-state index contributed by atoms with van der Waals surface area (Å²) in [6, 6.07) is 3.85. The predicted octanol–water partition coefficient (Wildman–Crippen LogP) is 1.90. The Hall–Kier alpha value is -1.46. The highest BCUT2D eigenvalue weighted by Crippen LogP contribution is 2.31. The molecule has 0 bridgehead atoms. The smallest absolute Gasteiger partial charge is 0.255 e. The van der Waals surface area contributed by atoms with E-state index in [2.05, 4.69) is 10.2 Å². The van der Waals surface area contributed by atoms with Crippen LogP contribution in [0.2, 0.25) is 5.02 Å². The number of halogens is 1. The topological polar surface area (TPSA) is 67.6 Å². The maximum absolute atomic E-state index is 12.5. The number of fused-ring (bicyclic) bond motifs is 1. The standard InChI is InChI=1S/C15H20ClN3O2/c1-21-14-8-11(17)10(16)7-9(14)15(20)18-12-4-6-19-5-2-3-13(12)19/h7-8,12-13H,2-6,17H2,1H3,(H,18,20)/t12-,13-/m0/s1. The van der Waals surface area contributed by atoms with Gasteiger partial charge in [0.25, 0.3) is 5.91 Å². The Bertz CT molecular complexity index is 564. The number of rotatable bonds is 3. The average molecular weight is 310 g/mol. The van der Waals surface area contributed by atoms with E-state index in [1.165, 1.54) is 13.5 Å². The van der Waals surface area contributed by atoms with Crippen LogP contribution in [0.3, 0.4) is 0 Å². The van der Waals surface area contributed by atoms with Crippen LogP contribution in [0.4, 0.5) is 5.69 Å². The minimum absolute atomic E-state index is 0.146. The summed E-state index contributed by atoms with van der Waals surface area (Å²) in [5.41, 5.74) is 6.60. The summed E-state index contributed by atoms with van der Waals surface area (Å²) in [6.45, 7) is 2.21. The molecule has 2 heterocycles. The fourth-order valence-electron chi connectivity index (χ4n) is 3.41. The lowest BCUT2D eigenvalue weighted by atomic mass is 10.1. The van der Waals surface area contributed by atoms with Crippen molar-refractivity contribution in [2.75, 3.05) is 25.9 Å². The molecule has 0 unspecified atom stereocenters. The van der Waals surface area contributed by atoms with E-state index >= 15 is 0 Å². The minimum Gasteiger partial charge on any atom is -0.496 e. The van der Waals surface area contributed by atoms with Crippen molar-refractivity contribution in [3.63, 3.8) is 0 Å². The number of nitrogens with zero attached hydrogens (tertiary/aromatic N) is 1. The van der Waals surface area contributed by atoms with E-state index in [1.807, 2.05) is 0 Å². The van der Waals surface area contributed by atoms with Crippen molar-refractivity contribution in [1.29, 1.82) is 0 Å². The lowest BCUT2D eigenvalue weighted by Gasteiger charge is -2.22. The van der Waals surface area contributed by atoms with Gasteiger partial charge in [0, 0.05) is 24.7 Å². The molecule has 5 nitrogen and oxygen atoms in total. The molecular formula is C15H20ClN3O2. The molecule has 2 aliphatic heterocycles. The van der Waals surface area contributed by atoms with E-state index in [-0.39, 0.29) is 11.9 Å².